The minimum Gasteiger partial charge on any atom is -0.309 e. The Hall–Kier alpha value is -1.67. The van der Waals surface area contributed by atoms with E-state index in [4.69, 9.17) is 0 Å². The summed E-state index contributed by atoms with van der Waals surface area (Å²) >= 11 is 0. The van der Waals surface area contributed by atoms with Gasteiger partial charge in [-0.3, -0.25) is 4.98 Å². The highest BCUT2D eigenvalue weighted by Gasteiger charge is 2.16. The van der Waals surface area contributed by atoms with Crippen molar-refractivity contribution < 1.29 is 0 Å². The van der Waals surface area contributed by atoms with Gasteiger partial charge >= 0.3 is 0 Å². The fraction of sp³-hybridized carbons (Fsp3) is 0.421. The first-order valence-electron chi connectivity index (χ1n) is 7.89. The van der Waals surface area contributed by atoms with Gasteiger partial charge < -0.3 is 5.32 Å². The number of likely N-dealkylation sites (N-methyl/N-ethyl adjacent to an activating group) is 1. The highest BCUT2D eigenvalue weighted by molar-refractivity contribution is 5.33. The molecule has 112 valence electrons. The van der Waals surface area contributed by atoms with Gasteiger partial charge in [0, 0.05) is 6.20 Å². The van der Waals surface area contributed by atoms with Crippen LogP contribution in [0.1, 0.15) is 47.8 Å². The van der Waals surface area contributed by atoms with Crippen LogP contribution in [-0.4, -0.2) is 11.5 Å². The number of hydrogen-bond donors (Lipinski definition) is 1. The summed E-state index contributed by atoms with van der Waals surface area (Å²) in [4.78, 5) is 4.65. The van der Waals surface area contributed by atoms with Crippen LogP contribution >= 0.6 is 0 Å². The fourth-order valence-electron chi connectivity index (χ4n) is 2.82. The van der Waals surface area contributed by atoms with Gasteiger partial charge in [-0.2, -0.15) is 0 Å². The van der Waals surface area contributed by atoms with E-state index in [0.29, 0.717) is 0 Å². The fourth-order valence-corrected chi connectivity index (χ4v) is 2.82. The second-order valence-corrected chi connectivity index (χ2v) is 5.65. The van der Waals surface area contributed by atoms with E-state index in [2.05, 4.69) is 62.3 Å². The molecule has 2 aromatic rings. The molecule has 0 aliphatic carbocycles. The second kappa shape index (κ2) is 7.37. The maximum Gasteiger partial charge on any atom is 0.0608 e. The van der Waals surface area contributed by atoms with Crippen molar-refractivity contribution in [3.05, 3.63) is 64.5 Å². The Morgan fingerprint density at radius 1 is 1.10 bits per heavy atom. The zero-order valence-corrected chi connectivity index (χ0v) is 13.6. The maximum absolute atomic E-state index is 4.65. The quantitative estimate of drug-likeness (QED) is 0.860. The van der Waals surface area contributed by atoms with Gasteiger partial charge in [0.1, 0.15) is 0 Å². The Morgan fingerprint density at radius 3 is 2.62 bits per heavy atom. The average molecular weight is 282 g/mol. The van der Waals surface area contributed by atoms with E-state index in [-0.39, 0.29) is 6.04 Å². The molecule has 1 N–H and O–H groups in total. The van der Waals surface area contributed by atoms with Gasteiger partial charge in [0.15, 0.2) is 0 Å². The van der Waals surface area contributed by atoms with Crippen LogP contribution in [-0.2, 0) is 12.8 Å². The molecular weight excluding hydrogens is 256 g/mol. The minimum absolute atomic E-state index is 0.284. The molecule has 0 fully saturated rings. The Morgan fingerprint density at radius 2 is 1.90 bits per heavy atom. The lowest BCUT2D eigenvalue weighted by Crippen LogP contribution is -2.25. The number of hydrogen-bond acceptors (Lipinski definition) is 2. The normalized spacial score (nSPS) is 12.4. The van der Waals surface area contributed by atoms with Gasteiger partial charge in [-0.15, -0.1) is 0 Å². The predicted octanol–water partition coefficient (Wildman–Crippen LogP) is 4.15. The molecule has 2 rings (SSSR count). The van der Waals surface area contributed by atoms with Crippen molar-refractivity contribution in [1.29, 1.82) is 0 Å². The molecule has 2 heteroatoms. The first kappa shape index (κ1) is 15.7. The van der Waals surface area contributed by atoms with E-state index in [1.807, 2.05) is 12.3 Å². The number of aryl methyl sites for hydroxylation is 3. The molecule has 0 radical (unpaired) electrons. The lowest BCUT2D eigenvalue weighted by atomic mass is 9.94. The number of pyridine rings is 1. The van der Waals surface area contributed by atoms with Gasteiger partial charge in [-0.1, -0.05) is 43.7 Å². The van der Waals surface area contributed by atoms with Crippen molar-refractivity contribution in [3.8, 4) is 0 Å². The smallest absolute Gasteiger partial charge is 0.0608 e. The maximum atomic E-state index is 4.65. The van der Waals surface area contributed by atoms with Crippen LogP contribution in [0.25, 0.3) is 0 Å². The van der Waals surface area contributed by atoms with Crippen LogP contribution in [0, 0.1) is 13.8 Å². The lowest BCUT2D eigenvalue weighted by Gasteiger charge is -2.21. The summed E-state index contributed by atoms with van der Waals surface area (Å²) in [5, 5.41) is 3.61. The average Bonchev–Trinajstić information content (AvgIpc) is 2.50. The van der Waals surface area contributed by atoms with Crippen molar-refractivity contribution in [1.82, 2.24) is 10.3 Å². The Labute approximate surface area is 128 Å². The molecular formula is C19H26N2. The van der Waals surface area contributed by atoms with Crippen LogP contribution in [0.2, 0.25) is 0 Å². The molecule has 1 atom stereocenters. The second-order valence-electron chi connectivity index (χ2n) is 5.65. The summed E-state index contributed by atoms with van der Waals surface area (Å²) in [7, 11) is 0. The number of nitrogens with zero attached hydrogens (tertiary/aromatic N) is 1. The third-order valence-corrected chi connectivity index (χ3v) is 4.02. The first-order chi connectivity index (χ1) is 10.2. The molecule has 0 aliphatic heterocycles. The highest BCUT2D eigenvalue weighted by atomic mass is 14.9. The van der Waals surface area contributed by atoms with E-state index in [0.717, 1.165) is 19.4 Å². The molecule has 0 spiro atoms. The predicted molar refractivity (Wildman–Crippen MR) is 89.7 cm³/mol. The standard InChI is InChI=1S/C19H26N2/c1-5-16-8-7-11-21-19(16)18(20-6-2)13-17-12-14(3)9-10-15(17)4/h7-12,18,20H,5-6,13H2,1-4H3. The van der Waals surface area contributed by atoms with Gasteiger partial charge in [0.2, 0.25) is 0 Å². The topological polar surface area (TPSA) is 24.9 Å². The molecule has 0 saturated carbocycles. The molecule has 1 aromatic carbocycles. The van der Waals surface area contributed by atoms with Crippen LogP contribution < -0.4 is 5.32 Å². The molecule has 21 heavy (non-hydrogen) atoms. The van der Waals surface area contributed by atoms with Crippen LogP contribution in [0.5, 0.6) is 0 Å². The molecule has 0 saturated heterocycles. The summed E-state index contributed by atoms with van der Waals surface area (Å²) in [6.45, 7) is 9.65. The highest BCUT2D eigenvalue weighted by Crippen LogP contribution is 2.23. The van der Waals surface area contributed by atoms with Crippen molar-refractivity contribution >= 4 is 0 Å². The zero-order chi connectivity index (χ0) is 15.2. The van der Waals surface area contributed by atoms with E-state index >= 15 is 0 Å². The summed E-state index contributed by atoms with van der Waals surface area (Å²) in [5.41, 5.74) is 6.63. The Kier molecular flexibility index (Phi) is 5.51. The molecule has 2 nitrogen and oxygen atoms in total. The first-order valence-corrected chi connectivity index (χ1v) is 7.89. The van der Waals surface area contributed by atoms with Crippen molar-refractivity contribution in [2.24, 2.45) is 0 Å². The van der Waals surface area contributed by atoms with Gasteiger partial charge in [0.05, 0.1) is 11.7 Å². The lowest BCUT2D eigenvalue weighted by molar-refractivity contribution is 0.531. The van der Waals surface area contributed by atoms with E-state index in [1.54, 1.807) is 0 Å². The SMILES string of the molecule is CCNC(Cc1cc(C)ccc1C)c1ncccc1CC. The molecule has 1 heterocycles. The zero-order valence-electron chi connectivity index (χ0n) is 13.6. The number of benzene rings is 1. The summed E-state index contributed by atoms with van der Waals surface area (Å²) in [5.74, 6) is 0. The molecule has 0 bridgehead atoms. The molecule has 1 aromatic heterocycles. The molecule has 0 aliphatic rings. The van der Waals surface area contributed by atoms with Crippen LogP contribution in [0.3, 0.4) is 0 Å². The van der Waals surface area contributed by atoms with Gasteiger partial charge in [-0.05, 0) is 56.0 Å². The van der Waals surface area contributed by atoms with Crippen molar-refractivity contribution in [2.75, 3.05) is 6.54 Å². The third-order valence-electron chi connectivity index (χ3n) is 4.02. The monoisotopic (exact) mass is 282 g/mol. The molecule has 0 amide bonds. The number of rotatable bonds is 6. The minimum atomic E-state index is 0.284. The number of nitrogens with one attached hydrogen (secondary N) is 1. The Balaban J connectivity index is 2.33. The summed E-state index contributed by atoms with van der Waals surface area (Å²) in [6, 6.07) is 11.2. The van der Waals surface area contributed by atoms with Crippen molar-refractivity contribution in [3.63, 3.8) is 0 Å². The largest absolute Gasteiger partial charge is 0.309 e. The molecule has 1 unspecified atom stereocenters. The van der Waals surface area contributed by atoms with Gasteiger partial charge in [0.25, 0.3) is 0 Å². The van der Waals surface area contributed by atoms with E-state index in [1.165, 1.54) is 27.9 Å². The number of aromatic nitrogens is 1. The third kappa shape index (κ3) is 3.92. The van der Waals surface area contributed by atoms with Crippen LogP contribution in [0.15, 0.2) is 36.5 Å². The van der Waals surface area contributed by atoms with E-state index < -0.39 is 0 Å². The van der Waals surface area contributed by atoms with Gasteiger partial charge in [-0.25, -0.2) is 0 Å². The Bertz CT molecular complexity index is 590. The summed E-state index contributed by atoms with van der Waals surface area (Å²) < 4.78 is 0. The summed E-state index contributed by atoms with van der Waals surface area (Å²) in [6.07, 6.45) is 3.92. The van der Waals surface area contributed by atoms with Crippen LogP contribution in [0.4, 0.5) is 0 Å². The van der Waals surface area contributed by atoms with E-state index in [9.17, 15) is 0 Å². The van der Waals surface area contributed by atoms with Crippen molar-refractivity contribution in [2.45, 2.75) is 46.6 Å².